The highest BCUT2D eigenvalue weighted by atomic mass is 32.2. The number of nitrogens with two attached hydrogens (primary N) is 1. The van der Waals surface area contributed by atoms with E-state index < -0.39 is 10.0 Å². The van der Waals surface area contributed by atoms with E-state index in [0.29, 0.717) is 18.0 Å². The Kier molecular flexibility index (Phi) is 4.42. The number of nitrogens with one attached hydrogen (secondary N) is 1. The van der Waals surface area contributed by atoms with E-state index in [-0.39, 0.29) is 23.0 Å². The van der Waals surface area contributed by atoms with Gasteiger partial charge in [-0.1, -0.05) is 6.07 Å². The molecule has 110 valence electrons. The van der Waals surface area contributed by atoms with E-state index in [0.717, 1.165) is 12.8 Å². The Morgan fingerprint density at radius 3 is 2.70 bits per heavy atom. The lowest BCUT2D eigenvalue weighted by Crippen LogP contribution is -2.26. The highest BCUT2D eigenvalue weighted by molar-refractivity contribution is 7.89. The minimum Gasteiger partial charge on any atom is -0.380 e. The van der Waals surface area contributed by atoms with E-state index in [1.165, 1.54) is 13.2 Å². The molecule has 3 N–H and O–H groups in total. The first-order valence-corrected chi connectivity index (χ1v) is 7.89. The quantitative estimate of drug-likeness (QED) is 0.804. The number of carbonyl (C=O) groups excluding carboxylic acids is 1. The third-order valence-corrected chi connectivity index (χ3v) is 4.18. The zero-order valence-corrected chi connectivity index (χ0v) is 12.1. The van der Waals surface area contributed by atoms with Gasteiger partial charge in [0.15, 0.2) is 0 Å². The van der Waals surface area contributed by atoms with Crippen molar-refractivity contribution in [3.05, 3.63) is 29.3 Å². The fraction of sp³-hybridized carbons (Fsp3) is 0.462. The van der Waals surface area contributed by atoms with Crippen LogP contribution in [0.15, 0.2) is 23.1 Å². The van der Waals surface area contributed by atoms with Gasteiger partial charge < -0.3 is 10.1 Å². The lowest BCUT2D eigenvalue weighted by atomic mass is 10.1. The summed E-state index contributed by atoms with van der Waals surface area (Å²) in [6.45, 7) is 0.749. The maximum Gasteiger partial charge on any atom is 0.251 e. The second-order valence-corrected chi connectivity index (χ2v) is 6.48. The van der Waals surface area contributed by atoms with Crippen LogP contribution in [-0.4, -0.2) is 28.0 Å². The monoisotopic (exact) mass is 298 g/mol. The summed E-state index contributed by atoms with van der Waals surface area (Å²) >= 11 is 0. The Bertz CT molecular complexity index is 609. The first-order chi connectivity index (χ1) is 9.41. The third kappa shape index (κ3) is 3.78. The molecule has 0 spiro atoms. The smallest absolute Gasteiger partial charge is 0.251 e. The number of sulfonamides is 1. The molecule has 0 radical (unpaired) electrons. The average Bonchev–Trinajstić information content (AvgIpc) is 3.19. The first kappa shape index (κ1) is 15.0. The van der Waals surface area contributed by atoms with Gasteiger partial charge in [-0.2, -0.15) is 0 Å². The van der Waals surface area contributed by atoms with Gasteiger partial charge in [-0.3, -0.25) is 4.79 Å². The van der Waals surface area contributed by atoms with Gasteiger partial charge in [-0.25, -0.2) is 13.6 Å². The maximum absolute atomic E-state index is 11.9. The van der Waals surface area contributed by atoms with E-state index >= 15 is 0 Å². The molecule has 0 saturated heterocycles. The molecule has 0 aromatic heterocycles. The molecule has 20 heavy (non-hydrogen) atoms. The molecule has 1 saturated carbocycles. The van der Waals surface area contributed by atoms with Crippen LogP contribution in [0, 0.1) is 5.92 Å². The fourth-order valence-electron chi connectivity index (χ4n) is 1.90. The van der Waals surface area contributed by atoms with Crippen LogP contribution in [0.5, 0.6) is 0 Å². The molecule has 1 aromatic rings. The molecule has 1 fully saturated rings. The van der Waals surface area contributed by atoms with Crippen LogP contribution < -0.4 is 10.5 Å². The molecule has 1 amide bonds. The van der Waals surface area contributed by atoms with Crippen LogP contribution in [0.4, 0.5) is 0 Å². The highest BCUT2D eigenvalue weighted by Crippen LogP contribution is 2.27. The van der Waals surface area contributed by atoms with Crippen molar-refractivity contribution in [3.8, 4) is 0 Å². The summed E-state index contributed by atoms with van der Waals surface area (Å²) in [5, 5.41) is 7.96. The van der Waals surface area contributed by atoms with Gasteiger partial charge in [-0.05, 0) is 36.5 Å². The molecule has 1 aromatic carbocycles. The molecular weight excluding hydrogens is 280 g/mol. The van der Waals surface area contributed by atoms with Crippen molar-refractivity contribution in [2.24, 2.45) is 11.1 Å². The number of primary sulfonamides is 1. The molecule has 6 nitrogen and oxygen atoms in total. The summed E-state index contributed by atoms with van der Waals surface area (Å²) < 4.78 is 28.1. The first-order valence-electron chi connectivity index (χ1n) is 6.34. The van der Waals surface area contributed by atoms with Gasteiger partial charge in [0.2, 0.25) is 10.0 Å². The second kappa shape index (κ2) is 5.90. The van der Waals surface area contributed by atoms with E-state index in [2.05, 4.69) is 5.32 Å². The topological polar surface area (TPSA) is 98.5 Å². The Labute approximate surface area is 118 Å². The number of rotatable bonds is 6. The molecular formula is C13H18N2O4S. The highest BCUT2D eigenvalue weighted by Gasteiger charge is 2.22. The van der Waals surface area contributed by atoms with Crippen molar-refractivity contribution in [2.75, 3.05) is 13.7 Å². The third-order valence-electron chi connectivity index (χ3n) is 3.18. The van der Waals surface area contributed by atoms with Crippen LogP contribution in [0.3, 0.4) is 0 Å². The molecule has 1 aliphatic rings. The predicted molar refractivity (Wildman–Crippen MR) is 73.6 cm³/mol. The molecule has 0 heterocycles. The molecule has 0 aliphatic heterocycles. The number of hydrogen-bond acceptors (Lipinski definition) is 4. The van der Waals surface area contributed by atoms with Crippen LogP contribution in [0.2, 0.25) is 0 Å². The second-order valence-electron chi connectivity index (χ2n) is 4.95. The molecule has 7 heteroatoms. The summed E-state index contributed by atoms with van der Waals surface area (Å²) in [4.78, 5) is 11.9. The Hall–Kier alpha value is -1.44. The SMILES string of the molecule is COCc1ccc(C(=O)NCC2CC2)cc1S(N)(=O)=O. The van der Waals surface area contributed by atoms with Crippen molar-refractivity contribution in [2.45, 2.75) is 24.3 Å². The zero-order chi connectivity index (χ0) is 14.8. The van der Waals surface area contributed by atoms with Crippen LogP contribution in [-0.2, 0) is 21.4 Å². The van der Waals surface area contributed by atoms with Crippen LogP contribution >= 0.6 is 0 Å². The lowest BCUT2D eigenvalue weighted by molar-refractivity contribution is 0.0951. The van der Waals surface area contributed by atoms with E-state index in [9.17, 15) is 13.2 Å². The molecule has 2 rings (SSSR count). The van der Waals surface area contributed by atoms with Gasteiger partial charge in [-0.15, -0.1) is 0 Å². The summed E-state index contributed by atoms with van der Waals surface area (Å²) in [7, 11) is -2.43. The number of methoxy groups -OCH3 is 1. The van der Waals surface area contributed by atoms with Gasteiger partial charge in [0.05, 0.1) is 11.5 Å². The standard InChI is InChI=1S/C13H18N2O4S/c1-19-8-11-5-4-10(6-12(11)20(14,17)18)13(16)15-7-9-2-3-9/h4-6,9H,2-3,7-8H2,1H3,(H,15,16)(H2,14,17,18). The number of hydrogen-bond donors (Lipinski definition) is 2. The van der Waals surface area contributed by atoms with Crippen molar-refractivity contribution >= 4 is 15.9 Å². The minimum absolute atomic E-state index is 0.0709. The Morgan fingerprint density at radius 1 is 1.45 bits per heavy atom. The van der Waals surface area contributed by atoms with Crippen LogP contribution in [0.25, 0.3) is 0 Å². The summed E-state index contributed by atoms with van der Waals surface area (Å²) in [5.41, 5.74) is 0.725. The maximum atomic E-state index is 11.9. The number of carbonyl (C=O) groups is 1. The zero-order valence-electron chi connectivity index (χ0n) is 11.3. The summed E-state index contributed by atoms with van der Waals surface area (Å²) in [6.07, 6.45) is 2.27. The van der Waals surface area contributed by atoms with E-state index in [1.807, 2.05) is 0 Å². The van der Waals surface area contributed by atoms with E-state index in [4.69, 9.17) is 9.88 Å². The van der Waals surface area contributed by atoms with Gasteiger partial charge in [0.1, 0.15) is 0 Å². The number of benzene rings is 1. The molecule has 0 atom stereocenters. The molecule has 0 unspecified atom stereocenters. The Balaban J connectivity index is 2.23. The van der Waals surface area contributed by atoms with Crippen molar-refractivity contribution < 1.29 is 17.9 Å². The summed E-state index contributed by atoms with van der Waals surface area (Å²) in [5.74, 6) is 0.273. The minimum atomic E-state index is -3.89. The largest absolute Gasteiger partial charge is 0.380 e. The van der Waals surface area contributed by atoms with Gasteiger partial charge in [0, 0.05) is 19.2 Å². The van der Waals surface area contributed by atoms with Gasteiger partial charge in [0.25, 0.3) is 5.91 Å². The van der Waals surface area contributed by atoms with Crippen molar-refractivity contribution in [1.82, 2.24) is 5.32 Å². The lowest BCUT2D eigenvalue weighted by Gasteiger charge is -2.10. The van der Waals surface area contributed by atoms with Crippen LogP contribution in [0.1, 0.15) is 28.8 Å². The number of ether oxygens (including phenoxy) is 1. The number of amides is 1. The van der Waals surface area contributed by atoms with Crippen molar-refractivity contribution in [3.63, 3.8) is 0 Å². The van der Waals surface area contributed by atoms with Gasteiger partial charge >= 0.3 is 0 Å². The summed E-state index contributed by atoms with van der Waals surface area (Å²) in [6, 6.07) is 4.42. The molecule has 1 aliphatic carbocycles. The van der Waals surface area contributed by atoms with E-state index in [1.54, 1.807) is 12.1 Å². The average molecular weight is 298 g/mol. The normalized spacial score (nSPS) is 15.1. The fourth-order valence-corrected chi connectivity index (χ4v) is 2.68. The van der Waals surface area contributed by atoms with Crippen molar-refractivity contribution in [1.29, 1.82) is 0 Å². The Morgan fingerprint density at radius 2 is 2.15 bits per heavy atom. The predicted octanol–water partition coefficient (Wildman–Crippen LogP) is 0.620. The molecule has 0 bridgehead atoms.